The van der Waals surface area contributed by atoms with Crippen LogP contribution in [0.3, 0.4) is 0 Å². The molecule has 0 aliphatic carbocycles. The number of carbonyl (C=O) groups excluding carboxylic acids is 1. The van der Waals surface area contributed by atoms with Gasteiger partial charge in [0.2, 0.25) is 0 Å². The fourth-order valence-corrected chi connectivity index (χ4v) is 2.41. The van der Waals surface area contributed by atoms with Gasteiger partial charge in [-0.15, -0.1) is 0 Å². The minimum absolute atomic E-state index is 0.0658. The monoisotopic (exact) mass is 361 g/mol. The molecule has 0 radical (unpaired) electrons. The van der Waals surface area contributed by atoms with Gasteiger partial charge in [-0.1, -0.05) is 12.1 Å². The molecule has 0 aliphatic heterocycles. The molecule has 1 aromatic carbocycles. The number of hydrogen-bond acceptors (Lipinski definition) is 5. The van der Waals surface area contributed by atoms with Crippen LogP contribution in [0.2, 0.25) is 0 Å². The minimum atomic E-state index is -1.03. The highest BCUT2D eigenvalue weighted by molar-refractivity contribution is 5.77. The summed E-state index contributed by atoms with van der Waals surface area (Å²) in [6.07, 6.45) is 0. The lowest BCUT2D eigenvalue weighted by Gasteiger charge is -2.18. The molecule has 1 aromatic heterocycles. The van der Waals surface area contributed by atoms with Gasteiger partial charge in [0.25, 0.3) is 5.91 Å². The number of carbonyl (C=O) groups is 2. The lowest BCUT2D eigenvalue weighted by Crippen LogP contribution is -2.31. The molecule has 2 rings (SSSR count). The number of likely N-dealkylation sites (N-methyl/N-ethyl adjacent to an activating group) is 1. The van der Waals surface area contributed by atoms with Crippen molar-refractivity contribution in [2.24, 2.45) is 7.05 Å². The van der Waals surface area contributed by atoms with Gasteiger partial charge in [-0.25, -0.2) is 4.79 Å². The predicted octanol–water partition coefficient (Wildman–Crippen LogP) is 1.54. The summed E-state index contributed by atoms with van der Waals surface area (Å²) in [6, 6.07) is 6.93. The molecule has 0 spiro atoms. The second kappa shape index (κ2) is 8.37. The Morgan fingerprint density at radius 2 is 1.81 bits per heavy atom. The topological polar surface area (TPSA) is 93.9 Å². The first-order valence-corrected chi connectivity index (χ1v) is 8.08. The number of ether oxygens (including phenoxy) is 2. The van der Waals surface area contributed by atoms with E-state index in [4.69, 9.17) is 14.6 Å². The van der Waals surface area contributed by atoms with Crippen LogP contribution < -0.4 is 9.47 Å². The van der Waals surface area contributed by atoms with Crippen molar-refractivity contribution >= 4 is 11.9 Å². The normalized spacial score (nSPS) is 10.5. The predicted molar refractivity (Wildman–Crippen MR) is 94.2 cm³/mol. The van der Waals surface area contributed by atoms with Gasteiger partial charge >= 0.3 is 5.97 Å². The zero-order chi connectivity index (χ0) is 19.3. The van der Waals surface area contributed by atoms with E-state index in [2.05, 4.69) is 5.10 Å². The molecule has 0 unspecified atom stereocenters. The van der Waals surface area contributed by atoms with Crippen LogP contribution in [0.25, 0.3) is 0 Å². The van der Waals surface area contributed by atoms with Gasteiger partial charge in [0, 0.05) is 20.6 Å². The number of hydrogen-bond donors (Lipinski definition) is 1. The van der Waals surface area contributed by atoms with E-state index in [1.807, 2.05) is 20.9 Å². The molecule has 0 saturated heterocycles. The van der Waals surface area contributed by atoms with E-state index < -0.39 is 5.97 Å². The summed E-state index contributed by atoms with van der Waals surface area (Å²) in [6.45, 7) is 3.68. The molecule has 1 N–H and O–H groups in total. The van der Waals surface area contributed by atoms with Crippen LogP contribution in [0.4, 0.5) is 0 Å². The van der Waals surface area contributed by atoms with Crippen molar-refractivity contribution in [2.75, 3.05) is 20.3 Å². The maximum atomic E-state index is 12.3. The molecule has 0 aliphatic rings. The van der Waals surface area contributed by atoms with Crippen LogP contribution in [0, 0.1) is 13.8 Å². The highest BCUT2D eigenvalue weighted by atomic mass is 16.5. The molecular weight excluding hydrogens is 338 g/mol. The van der Waals surface area contributed by atoms with Gasteiger partial charge in [0.1, 0.15) is 11.4 Å². The lowest BCUT2D eigenvalue weighted by atomic mass is 10.2. The van der Waals surface area contributed by atoms with Crippen LogP contribution >= 0.6 is 0 Å². The molecule has 8 nitrogen and oxygen atoms in total. The first kappa shape index (κ1) is 19.3. The van der Waals surface area contributed by atoms with Gasteiger partial charge in [0.15, 0.2) is 19.0 Å². The van der Waals surface area contributed by atoms with Gasteiger partial charge in [0.05, 0.1) is 5.69 Å². The number of amides is 1. The lowest BCUT2D eigenvalue weighted by molar-refractivity contribution is -0.139. The smallest absolute Gasteiger partial charge is 0.341 e. The van der Waals surface area contributed by atoms with E-state index in [0.29, 0.717) is 18.0 Å². The van der Waals surface area contributed by atoms with E-state index in [-0.39, 0.29) is 19.1 Å². The summed E-state index contributed by atoms with van der Waals surface area (Å²) < 4.78 is 12.4. The average Bonchev–Trinajstić information content (AvgIpc) is 2.84. The van der Waals surface area contributed by atoms with E-state index in [0.717, 1.165) is 17.0 Å². The zero-order valence-corrected chi connectivity index (χ0v) is 15.4. The van der Waals surface area contributed by atoms with E-state index in [1.165, 1.54) is 0 Å². The number of aryl methyl sites for hydroxylation is 2. The van der Waals surface area contributed by atoms with Crippen molar-refractivity contribution in [3.8, 4) is 11.5 Å². The van der Waals surface area contributed by atoms with Crippen LogP contribution in [0.1, 0.15) is 17.0 Å². The van der Waals surface area contributed by atoms with Gasteiger partial charge in [-0.3, -0.25) is 9.48 Å². The Morgan fingerprint density at radius 3 is 2.35 bits per heavy atom. The Hall–Kier alpha value is -3.03. The second-order valence-corrected chi connectivity index (χ2v) is 5.99. The Bertz CT molecular complexity index is 783. The fourth-order valence-electron chi connectivity index (χ4n) is 2.41. The zero-order valence-electron chi connectivity index (χ0n) is 15.4. The third-order valence-electron chi connectivity index (χ3n) is 3.91. The number of rotatable bonds is 8. The maximum Gasteiger partial charge on any atom is 0.341 e. The van der Waals surface area contributed by atoms with E-state index in [1.54, 1.807) is 40.9 Å². The first-order valence-electron chi connectivity index (χ1n) is 8.08. The van der Waals surface area contributed by atoms with Crippen molar-refractivity contribution < 1.29 is 24.2 Å². The van der Waals surface area contributed by atoms with Crippen LogP contribution in [-0.4, -0.2) is 51.9 Å². The SMILES string of the molecule is Cc1nn(C)c(C)c1OCC(=O)N(C)Cc1ccc(OCC(=O)O)cc1. The number of carboxylic acids is 1. The number of aliphatic carboxylic acids is 1. The Balaban J connectivity index is 1.87. The molecule has 8 heteroatoms. The third-order valence-corrected chi connectivity index (χ3v) is 3.91. The molecule has 26 heavy (non-hydrogen) atoms. The molecule has 2 aromatic rings. The van der Waals surface area contributed by atoms with Crippen LogP contribution in [0.15, 0.2) is 24.3 Å². The molecule has 1 amide bonds. The molecular formula is C18H23N3O5. The quantitative estimate of drug-likeness (QED) is 0.766. The minimum Gasteiger partial charge on any atom is -0.482 e. The molecule has 140 valence electrons. The number of aromatic nitrogens is 2. The Morgan fingerprint density at radius 1 is 1.15 bits per heavy atom. The van der Waals surface area contributed by atoms with Crippen molar-refractivity contribution in [1.82, 2.24) is 14.7 Å². The summed E-state index contributed by atoms with van der Waals surface area (Å²) >= 11 is 0. The molecule has 0 bridgehead atoms. The van der Waals surface area contributed by atoms with Crippen LogP contribution in [0.5, 0.6) is 11.5 Å². The summed E-state index contributed by atoms with van der Waals surface area (Å²) in [5, 5.41) is 12.8. The number of benzene rings is 1. The fraction of sp³-hybridized carbons (Fsp3) is 0.389. The highest BCUT2D eigenvalue weighted by Gasteiger charge is 2.15. The Labute approximate surface area is 151 Å². The molecule has 0 saturated carbocycles. The molecule has 0 atom stereocenters. The standard InChI is InChI=1S/C18H23N3O5/c1-12-18(13(2)21(4)19-12)26-10-16(22)20(3)9-14-5-7-15(8-6-14)25-11-17(23)24/h5-8H,9-11H2,1-4H3,(H,23,24). The van der Waals surface area contributed by atoms with Crippen molar-refractivity contribution in [1.29, 1.82) is 0 Å². The first-order chi connectivity index (χ1) is 12.3. The number of nitrogens with zero attached hydrogens (tertiary/aromatic N) is 3. The second-order valence-electron chi connectivity index (χ2n) is 5.99. The highest BCUT2D eigenvalue weighted by Crippen LogP contribution is 2.21. The molecule has 1 heterocycles. The number of carboxylic acid groups (broad SMARTS) is 1. The van der Waals surface area contributed by atoms with Crippen molar-refractivity contribution in [2.45, 2.75) is 20.4 Å². The summed E-state index contributed by atoms with van der Waals surface area (Å²) in [5.41, 5.74) is 2.52. The largest absolute Gasteiger partial charge is 0.482 e. The van der Waals surface area contributed by atoms with E-state index in [9.17, 15) is 9.59 Å². The van der Waals surface area contributed by atoms with Gasteiger partial charge in [-0.05, 0) is 31.5 Å². The van der Waals surface area contributed by atoms with Gasteiger partial charge in [-0.2, -0.15) is 5.10 Å². The van der Waals surface area contributed by atoms with Crippen molar-refractivity contribution in [3.05, 3.63) is 41.2 Å². The summed E-state index contributed by atoms with van der Waals surface area (Å²) in [4.78, 5) is 24.3. The third kappa shape index (κ3) is 4.98. The van der Waals surface area contributed by atoms with Crippen molar-refractivity contribution in [3.63, 3.8) is 0 Å². The Kier molecular flexibility index (Phi) is 6.21. The summed E-state index contributed by atoms with van der Waals surface area (Å²) in [7, 11) is 3.52. The average molecular weight is 361 g/mol. The van der Waals surface area contributed by atoms with Gasteiger partial charge < -0.3 is 19.5 Å². The van der Waals surface area contributed by atoms with E-state index >= 15 is 0 Å². The maximum absolute atomic E-state index is 12.3. The summed E-state index contributed by atoms with van der Waals surface area (Å²) in [5.74, 6) is -0.0810. The molecule has 0 fully saturated rings. The van der Waals surface area contributed by atoms with Crippen LogP contribution in [-0.2, 0) is 23.2 Å².